The first kappa shape index (κ1) is 26.9. The van der Waals surface area contributed by atoms with Gasteiger partial charge in [0, 0.05) is 37.4 Å². The van der Waals surface area contributed by atoms with Crippen LogP contribution in [-0.4, -0.2) is 64.0 Å². The maximum atomic E-state index is 13.4. The number of benzene rings is 2. The summed E-state index contributed by atoms with van der Waals surface area (Å²) >= 11 is 0. The van der Waals surface area contributed by atoms with Gasteiger partial charge < -0.3 is 14.4 Å². The third kappa shape index (κ3) is 7.17. The van der Waals surface area contributed by atoms with Crippen molar-refractivity contribution in [1.29, 1.82) is 0 Å². The topological polar surface area (TPSA) is 59.1 Å². The molecule has 0 amide bonds. The highest BCUT2D eigenvalue weighted by Crippen LogP contribution is 2.34. The molecule has 0 aromatic heterocycles. The van der Waals surface area contributed by atoms with Crippen molar-refractivity contribution in [3.05, 3.63) is 48.0 Å². The zero-order valence-corrected chi connectivity index (χ0v) is 19.7. The molecule has 0 spiro atoms. The van der Waals surface area contributed by atoms with Crippen LogP contribution >= 0.6 is 0 Å². The molecule has 0 radical (unpaired) electrons. The zero-order valence-electron chi connectivity index (χ0n) is 18.9. The zero-order chi connectivity index (χ0) is 26.0. The summed E-state index contributed by atoms with van der Waals surface area (Å²) in [5, 5.41) is 0. The minimum absolute atomic E-state index is 0.00254. The Balaban J connectivity index is 1.87. The van der Waals surface area contributed by atoms with Crippen LogP contribution in [0.5, 0.6) is 11.5 Å². The van der Waals surface area contributed by atoms with Crippen molar-refractivity contribution in [2.45, 2.75) is 37.1 Å². The summed E-state index contributed by atoms with van der Waals surface area (Å²) in [6.07, 6.45) is -9.44. The highest BCUT2D eigenvalue weighted by atomic mass is 32.2. The normalized spacial score (nSPS) is 17.9. The van der Waals surface area contributed by atoms with E-state index in [0.717, 1.165) is 33.8 Å². The highest BCUT2D eigenvalue weighted by Gasteiger charge is 2.36. The van der Waals surface area contributed by atoms with Gasteiger partial charge in [-0.25, -0.2) is 8.42 Å². The molecular formula is C22H24F6N2O4S. The summed E-state index contributed by atoms with van der Waals surface area (Å²) in [7, 11) is -4.43. The van der Waals surface area contributed by atoms with Crippen LogP contribution in [0.4, 0.5) is 32.0 Å². The van der Waals surface area contributed by atoms with Crippen LogP contribution in [0.25, 0.3) is 0 Å². The lowest BCUT2D eigenvalue weighted by molar-refractivity contribution is -0.154. The lowest BCUT2D eigenvalue weighted by Crippen LogP contribution is -2.53. The predicted molar refractivity (Wildman–Crippen MR) is 116 cm³/mol. The Morgan fingerprint density at radius 1 is 0.914 bits per heavy atom. The first-order valence-electron chi connectivity index (χ1n) is 10.5. The monoisotopic (exact) mass is 526 g/mol. The molecule has 1 aliphatic rings. The largest absolute Gasteiger partial charge is 0.484 e. The molecule has 194 valence electrons. The number of alkyl halides is 6. The standard InChI is InChI=1S/C22H24F6N2O4S/c1-15-3-5-17(6-4-15)30-10-9-29(12-16(30)2)35(31,32)20-11-18(33-13-21(23,24)25)7-8-19(20)34-14-22(26,27)28/h3-8,11,16H,9-10,12-14H2,1-2H3. The van der Waals surface area contributed by atoms with E-state index in [2.05, 4.69) is 9.47 Å². The van der Waals surface area contributed by atoms with E-state index in [1.807, 2.05) is 36.1 Å². The summed E-state index contributed by atoms with van der Waals surface area (Å²) in [6.45, 7) is 0.577. The molecule has 2 aromatic carbocycles. The van der Waals surface area contributed by atoms with Gasteiger partial charge in [-0.1, -0.05) is 17.7 Å². The Hall–Kier alpha value is -2.67. The van der Waals surface area contributed by atoms with E-state index in [-0.39, 0.29) is 19.1 Å². The molecular weight excluding hydrogens is 502 g/mol. The van der Waals surface area contributed by atoms with Crippen molar-refractivity contribution < 1.29 is 44.2 Å². The summed E-state index contributed by atoms with van der Waals surface area (Å²) in [5.74, 6) is -1.10. The number of nitrogens with zero attached hydrogens (tertiary/aromatic N) is 2. The molecule has 0 bridgehead atoms. The number of hydrogen-bond donors (Lipinski definition) is 0. The van der Waals surface area contributed by atoms with E-state index in [0.29, 0.717) is 6.54 Å². The summed E-state index contributed by atoms with van der Waals surface area (Å²) in [4.78, 5) is 1.30. The number of rotatable bonds is 7. The van der Waals surface area contributed by atoms with Gasteiger partial charge in [-0.2, -0.15) is 30.6 Å². The second kappa shape index (κ2) is 10.1. The number of aryl methyl sites for hydroxylation is 1. The molecule has 0 saturated carbocycles. The SMILES string of the molecule is Cc1ccc(N2CCN(S(=O)(=O)c3cc(OCC(F)(F)F)ccc3OCC(F)(F)F)CC2C)cc1. The maximum absolute atomic E-state index is 13.4. The molecule has 35 heavy (non-hydrogen) atoms. The number of sulfonamides is 1. The van der Waals surface area contributed by atoms with Gasteiger partial charge in [0.2, 0.25) is 10.0 Å². The van der Waals surface area contributed by atoms with Crippen LogP contribution in [0.1, 0.15) is 12.5 Å². The van der Waals surface area contributed by atoms with Gasteiger partial charge in [0.1, 0.15) is 16.4 Å². The molecule has 3 rings (SSSR count). The Kier molecular flexibility index (Phi) is 7.80. The fourth-order valence-electron chi connectivity index (χ4n) is 3.63. The molecule has 1 saturated heterocycles. The minimum atomic E-state index is -4.75. The van der Waals surface area contributed by atoms with Crippen molar-refractivity contribution in [3.8, 4) is 11.5 Å². The van der Waals surface area contributed by atoms with Crippen LogP contribution in [0.15, 0.2) is 47.4 Å². The average Bonchev–Trinajstić information content (AvgIpc) is 2.76. The van der Waals surface area contributed by atoms with Gasteiger partial charge >= 0.3 is 12.4 Å². The van der Waals surface area contributed by atoms with Gasteiger partial charge in [-0.3, -0.25) is 0 Å². The molecule has 1 aliphatic heterocycles. The molecule has 0 aliphatic carbocycles. The smallest absolute Gasteiger partial charge is 0.422 e. The third-order valence-electron chi connectivity index (χ3n) is 5.28. The van der Waals surface area contributed by atoms with Gasteiger partial charge in [0.05, 0.1) is 0 Å². The Labute approximate surface area is 199 Å². The first-order valence-corrected chi connectivity index (χ1v) is 12.0. The van der Waals surface area contributed by atoms with E-state index >= 15 is 0 Å². The van der Waals surface area contributed by atoms with Crippen molar-refractivity contribution in [3.63, 3.8) is 0 Å². The number of anilines is 1. The average molecular weight is 526 g/mol. The highest BCUT2D eigenvalue weighted by molar-refractivity contribution is 7.89. The maximum Gasteiger partial charge on any atom is 0.422 e. The molecule has 1 fully saturated rings. The van der Waals surface area contributed by atoms with Crippen molar-refractivity contribution >= 4 is 15.7 Å². The molecule has 1 heterocycles. The Bertz CT molecular complexity index is 1120. The second-order valence-corrected chi connectivity index (χ2v) is 10.1. The van der Waals surface area contributed by atoms with Crippen LogP contribution in [0.2, 0.25) is 0 Å². The third-order valence-corrected chi connectivity index (χ3v) is 7.17. The summed E-state index contributed by atoms with van der Waals surface area (Å²) in [6, 6.07) is 9.89. The van der Waals surface area contributed by atoms with E-state index in [4.69, 9.17) is 0 Å². The summed E-state index contributed by atoms with van der Waals surface area (Å²) in [5.41, 5.74) is 1.94. The number of hydrogen-bond acceptors (Lipinski definition) is 5. The molecule has 6 nitrogen and oxygen atoms in total. The quantitative estimate of drug-likeness (QED) is 0.487. The molecule has 0 N–H and O–H groups in total. The van der Waals surface area contributed by atoms with Gasteiger partial charge in [-0.05, 0) is 38.1 Å². The first-order chi connectivity index (χ1) is 16.2. The van der Waals surface area contributed by atoms with E-state index in [9.17, 15) is 34.8 Å². The van der Waals surface area contributed by atoms with Crippen molar-refractivity contribution in [2.24, 2.45) is 0 Å². The second-order valence-electron chi connectivity index (χ2n) is 8.16. The minimum Gasteiger partial charge on any atom is -0.484 e. The van der Waals surface area contributed by atoms with Crippen molar-refractivity contribution in [1.82, 2.24) is 4.31 Å². The van der Waals surface area contributed by atoms with Crippen LogP contribution in [0, 0.1) is 6.92 Å². The van der Waals surface area contributed by atoms with E-state index < -0.39 is 52.0 Å². The fourth-order valence-corrected chi connectivity index (χ4v) is 5.28. The number of piperazine rings is 1. The lowest BCUT2D eigenvalue weighted by atomic mass is 10.1. The van der Waals surface area contributed by atoms with Crippen LogP contribution in [0.3, 0.4) is 0 Å². The number of halogens is 6. The van der Waals surface area contributed by atoms with E-state index in [1.54, 1.807) is 6.92 Å². The van der Waals surface area contributed by atoms with Gasteiger partial charge in [-0.15, -0.1) is 0 Å². The molecule has 13 heteroatoms. The Morgan fingerprint density at radius 2 is 1.51 bits per heavy atom. The van der Waals surface area contributed by atoms with E-state index in [1.165, 1.54) is 0 Å². The molecule has 2 aromatic rings. The predicted octanol–water partition coefficient (Wildman–Crippen LogP) is 4.78. The van der Waals surface area contributed by atoms with Crippen LogP contribution in [-0.2, 0) is 10.0 Å². The molecule has 1 unspecified atom stereocenters. The van der Waals surface area contributed by atoms with Gasteiger partial charge in [0.15, 0.2) is 13.2 Å². The molecule has 1 atom stereocenters. The van der Waals surface area contributed by atoms with Gasteiger partial charge in [0.25, 0.3) is 0 Å². The lowest BCUT2D eigenvalue weighted by Gasteiger charge is -2.40. The fraction of sp³-hybridized carbons (Fsp3) is 0.455. The summed E-state index contributed by atoms with van der Waals surface area (Å²) < 4.78 is 113. The Morgan fingerprint density at radius 3 is 2.09 bits per heavy atom. The van der Waals surface area contributed by atoms with Crippen LogP contribution < -0.4 is 14.4 Å². The van der Waals surface area contributed by atoms with Crippen molar-refractivity contribution in [2.75, 3.05) is 37.7 Å². The number of ether oxygens (including phenoxy) is 2.